The van der Waals surface area contributed by atoms with Crippen LogP contribution in [0.15, 0.2) is 23.4 Å². The van der Waals surface area contributed by atoms with Crippen molar-refractivity contribution < 1.29 is 14.4 Å². The molecule has 0 aromatic rings. The van der Waals surface area contributed by atoms with Gasteiger partial charge in [0.05, 0.1) is 6.57 Å². The third-order valence-corrected chi connectivity index (χ3v) is 12.2. The van der Waals surface area contributed by atoms with E-state index in [0.29, 0.717) is 6.54 Å². The number of fused-ring (bicyclic) bond motifs is 7. The van der Waals surface area contributed by atoms with Gasteiger partial charge in [0.15, 0.2) is 11.6 Å². The van der Waals surface area contributed by atoms with Crippen molar-refractivity contribution in [3.05, 3.63) is 34.8 Å². The van der Waals surface area contributed by atoms with E-state index < -0.39 is 5.41 Å². The van der Waals surface area contributed by atoms with Crippen LogP contribution >= 0.6 is 0 Å². The second kappa shape index (κ2) is 8.54. The highest BCUT2D eigenvalue weighted by Gasteiger charge is 2.69. The van der Waals surface area contributed by atoms with E-state index in [1.54, 1.807) is 0 Å². The Balaban J connectivity index is 1.64. The molecule has 6 heteroatoms. The summed E-state index contributed by atoms with van der Waals surface area (Å²) in [5.74, 6) is -0.0991. The summed E-state index contributed by atoms with van der Waals surface area (Å²) in [6, 6.07) is -0.128. The first-order valence-corrected chi connectivity index (χ1v) is 14.7. The van der Waals surface area contributed by atoms with E-state index in [1.165, 1.54) is 0 Å². The van der Waals surface area contributed by atoms with E-state index in [9.17, 15) is 14.4 Å². The lowest BCUT2D eigenvalue weighted by Gasteiger charge is -2.68. The maximum absolute atomic E-state index is 14.4. The zero-order valence-electron chi connectivity index (χ0n) is 24.3. The molecule has 0 aliphatic heterocycles. The van der Waals surface area contributed by atoms with Crippen molar-refractivity contribution in [2.45, 2.75) is 99.0 Å². The SMILES string of the molecule is [C-]#[N+]C1=C[C@]2(C)C3=CC(=O)[C@@H]4[C@@H]5CC(C)(C)CC[C@]5(NC(=O)NCC)CC[C@@]4(C)[C@]3(C)CC[C@H]2[C@H](C)C1=O. The van der Waals surface area contributed by atoms with Crippen LogP contribution in [-0.2, 0) is 9.59 Å². The fraction of sp³-hybridized carbons (Fsp3) is 0.750. The Morgan fingerprint density at radius 1 is 1.05 bits per heavy atom. The van der Waals surface area contributed by atoms with Crippen LogP contribution in [0.3, 0.4) is 0 Å². The van der Waals surface area contributed by atoms with E-state index in [1.807, 2.05) is 26.0 Å². The Labute approximate surface area is 228 Å². The van der Waals surface area contributed by atoms with Gasteiger partial charge in [0.25, 0.3) is 0 Å². The zero-order chi connectivity index (χ0) is 27.9. The molecule has 8 atom stereocenters. The molecule has 0 bridgehead atoms. The number of urea groups is 1. The van der Waals surface area contributed by atoms with E-state index in [-0.39, 0.29) is 68.8 Å². The van der Waals surface area contributed by atoms with Gasteiger partial charge in [0.1, 0.15) is 0 Å². The molecule has 5 rings (SSSR count). The minimum absolute atomic E-state index is 0.0544. The largest absolute Gasteiger partial charge is 0.338 e. The first kappa shape index (κ1) is 27.2. The monoisotopic (exact) mass is 519 g/mol. The van der Waals surface area contributed by atoms with Gasteiger partial charge < -0.3 is 15.4 Å². The molecule has 0 spiro atoms. The smallest absolute Gasteiger partial charge is 0.315 e. The maximum Gasteiger partial charge on any atom is 0.315 e. The molecule has 5 aliphatic carbocycles. The van der Waals surface area contributed by atoms with Gasteiger partial charge in [0, 0.05) is 29.3 Å². The maximum atomic E-state index is 14.4. The van der Waals surface area contributed by atoms with Crippen LogP contribution < -0.4 is 10.6 Å². The Kier molecular flexibility index (Phi) is 6.10. The molecular weight excluding hydrogens is 474 g/mol. The number of amides is 2. The topological polar surface area (TPSA) is 79.6 Å². The quantitative estimate of drug-likeness (QED) is 0.424. The molecule has 206 valence electrons. The molecule has 3 saturated carbocycles. The number of nitrogens with one attached hydrogen (secondary N) is 2. The average molecular weight is 520 g/mol. The zero-order valence-corrected chi connectivity index (χ0v) is 24.3. The minimum Gasteiger partial charge on any atom is -0.338 e. The van der Waals surface area contributed by atoms with Crippen LogP contribution in [-0.4, -0.2) is 29.7 Å². The van der Waals surface area contributed by atoms with Gasteiger partial charge >= 0.3 is 6.03 Å². The van der Waals surface area contributed by atoms with Gasteiger partial charge in [0.2, 0.25) is 5.70 Å². The molecule has 0 heterocycles. The molecule has 0 aromatic carbocycles. The molecule has 3 fully saturated rings. The molecule has 38 heavy (non-hydrogen) atoms. The van der Waals surface area contributed by atoms with E-state index in [0.717, 1.165) is 50.5 Å². The van der Waals surface area contributed by atoms with Crippen LogP contribution in [0.4, 0.5) is 4.79 Å². The van der Waals surface area contributed by atoms with Gasteiger partial charge in [-0.15, -0.1) is 0 Å². The molecule has 0 saturated heterocycles. The first-order valence-electron chi connectivity index (χ1n) is 14.7. The fourth-order valence-electron chi connectivity index (χ4n) is 9.87. The molecule has 5 aliphatic rings. The first-order chi connectivity index (χ1) is 17.7. The molecule has 2 amide bonds. The van der Waals surface area contributed by atoms with Crippen LogP contribution in [0.25, 0.3) is 4.85 Å². The van der Waals surface area contributed by atoms with Crippen molar-refractivity contribution in [1.29, 1.82) is 0 Å². The second-order valence-corrected chi connectivity index (χ2v) is 14.5. The lowest BCUT2D eigenvalue weighted by atomic mass is 9.36. The van der Waals surface area contributed by atoms with E-state index in [4.69, 9.17) is 6.57 Å². The van der Waals surface area contributed by atoms with Crippen molar-refractivity contribution in [2.24, 2.45) is 45.3 Å². The number of rotatable bonds is 2. The number of hydrogen-bond donors (Lipinski definition) is 2. The number of allylic oxidation sites excluding steroid dienone is 4. The fourth-order valence-corrected chi connectivity index (χ4v) is 9.87. The summed E-state index contributed by atoms with van der Waals surface area (Å²) in [5, 5.41) is 6.34. The molecule has 0 radical (unpaired) electrons. The average Bonchev–Trinajstić information content (AvgIpc) is 2.84. The molecule has 2 N–H and O–H groups in total. The highest BCUT2D eigenvalue weighted by molar-refractivity contribution is 6.01. The number of carbonyl (C=O) groups excluding carboxylic acids is 3. The minimum atomic E-state index is -0.483. The highest BCUT2D eigenvalue weighted by atomic mass is 16.2. The number of Topliss-reactive ketones (excluding diaryl/α,β-unsaturated/α-hetero) is 1. The third kappa shape index (κ3) is 3.52. The third-order valence-electron chi connectivity index (χ3n) is 12.2. The number of ketones is 2. The summed E-state index contributed by atoms with van der Waals surface area (Å²) in [5.41, 5.74) is 0.123. The lowest BCUT2D eigenvalue weighted by molar-refractivity contribution is -0.158. The van der Waals surface area contributed by atoms with Gasteiger partial charge in [-0.05, 0) is 86.0 Å². The van der Waals surface area contributed by atoms with Crippen molar-refractivity contribution in [3.8, 4) is 0 Å². The molecule has 0 unspecified atom stereocenters. The van der Waals surface area contributed by atoms with E-state index in [2.05, 4.69) is 50.1 Å². The molecule has 6 nitrogen and oxygen atoms in total. The highest BCUT2D eigenvalue weighted by Crippen LogP contribution is 2.72. The van der Waals surface area contributed by atoms with Crippen molar-refractivity contribution in [3.63, 3.8) is 0 Å². The predicted molar refractivity (Wildman–Crippen MR) is 148 cm³/mol. The van der Waals surface area contributed by atoms with Crippen molar-refractivity contribution in [2.75, 3.05) is 6.54 Å². The van der Waals surface area contributed by atoms with Crippen LogP contribution in [0.5, 0.6) is 0 Å². The lowest BCUT2D eigenvalue weighted by Crippen LogP contribution is -2.70. The second-order valence-electron chi connectivity index (χ2n) is 14.5. The molecular formula is C32H45N3O3. The Morgan fingerprint density at radius 2 is 1.74 bits per heavy atom. The Bertz CT molecular complexity index is 1190. The van der Waals surface area contributed by atoms with Crippen molar-refractivity contribution in [1.82, 2.24) is 10.6 Å². The summed E-state index contributed by atoms with van der Waals surface area (Å²) < 4.78 is 0. The summed E-state index contributed by atoms with van der Waals surface area (Å²) >= 11 is 0. The molecule has 0 aromatic heterocycles. The van der Waals surface area contributed by atoms with Gasteiger partial charge in [-0.25, -0.2) is 9.64 Å². The number of nitrogens with zero attached hydrogens (tertiary/aromatic N) is 1. The number of carbonyl (C=O) groups is 3. The van der Waals surface area contributed by atoms with Crippen LogP contribution in [0.2, 0.25) is 0 Å². The summed E-state index contributed by atoms with van der Waals surface area (Å²) in [4.78, 5) is 43.8. The van der Waals surface area contributed by atoms with Crippen LogP contribution in [0, 0.1) is 51.9 Å². The Morgan fingerprint density at radius 3 is 2.39 bits per heavy atom. The standard InChI is InChI=1S/C32H45N3O3/c1-9-34-27(38)35-32-14-12-28(3,4)17-21(32)25-23(36)16-24-29(5)18-22(33-8)26(37)19(2)20(29)10-11-30(24,6)31(25,7)13-15-32/h16,18-21,25H,9-15,17H2,1-7H3,(H2,34,35,38)/t19-,20-,21-,25-,29-,30+,31+,32-/m0/s1. The van der Waals surface area contributed by atoms with Gasteiger partial charge in [-0.2, -0.15) is 0 Å². The predicted octanol–water partition coefficient (Wildman–Crippen LogP) is 6.24. The summed E-state index contributed by atoms with van der Waals surface area (Å²) in [7, 11) is 0. The van der Waals surface area contributed by atoms with Crippen LogP contribution in [0.1, 0.15) is 93.4 Å². The Hall–Kier alpha value is -2.42. The van der Waals surface area contributed by atoms with Crippen molar-refractivity contribution >= 4 is 17.6 Å². The summed E-state index contributed by atoms with van der Waals surface area (Å²) in [6.07, 6.45) is 10.3. The number of hydrogen-bond acceptors (Lipinski definition) is 3. The normalized spacial score (nSPS) is 45.2. The van der Waals surface area contributed by atoms with Gasteiger partial charge in [-0.1, -0.05) is 53.2 Å². The van der Waals surface area contributed by atoms with E-state index >= 15 is 0 Å². The van der Waals surface area contributed by atoms with Gasteiger partial charge in [-0.3, -0.25) is 4.79 Å². The summed E-state index contributed by atoms with van der Waals surface area (Å²) in [6.45, 7) is 23.6.